The van der Waals surface area contributed by atoms with E-state index >= 15 is 0 Å². The molecule has 23 heavy (non-hydrogen) atoms. The first-order chi connectivity index (χ1) is 11.2. The van der Waals surface area contributed by atoms with Crippen molar-refractivity contribution in [1.29, 1.82) is 5.26 Å². The lowest BCUT2D eigenvalue weighted by Gasteiger charge is -2.17. The van der Waals surface area contributed by atoms with Crippen molar-refractivity contribution >= 4 is 11.6 Å². The zero-order valence-electron chi connectivity index (χ0n) is 12.4. The molecule has 0 unspecified atom stereocenters. The summed E-state index contributed by atoms with van der Waals surface area (Å²) in [5, 5.41) is 9.35. The summed E-state index contributed by atoms with van der Waals surface area (Å²) in [5.74, 6) is -0.0422. The number of hydrogen-bond donors (Lipinski definition) is 0. The van der Waals surface area contributed by atoms with Gasteiger partial charge in [-0.2, -0.15) is 5.26 Å². The van der Waals surface area contributed by atoms with Crippen LogP contribution < -0.4 is 4.74 Å². The number of benzene rings is 1. The molecule has 1 saturated heterocycles. The summed E-state index contributed by atoms with van der Waals surface area (Å²) in [6, 6.07) is 8.05. The molecule has 0 radical (unpaired) electrons. The van der Waals surface area contributed by atoms with Gasteiger partial charge in [-0.3, -0.25) is 4.90 Å². The van der Waals surface area contributed by atoms with Crippen LogP contribution in [0.5, 0.6) is 11.6 Å². The first-order valence-corrected chi connectivity index (χ1v) is 7.78. The van der Waals surface area contributed by atoms with Crippen LogP contribution in [0.25, 0.3) is 0 Å². The Morgan fingerprint density at radius 2 is 2.13 bits per heavy atom. The van der Waals surface area contributed by atoms with E-state index in [1.807, 2.05) is 6.07 Å². The molecule has 118 valence electrons. The maximum absolute atomic E-state index is 14.4. The van der Waals surface area contributed by atoms with Crippen LogP contribution in [-0.4, -0.2) is 23.0 Å². The van der Waals surface area contributed by atoms with Gasteiger partial charge < -0.3 is 4.74 Å². The van der Waals surface area contributed by atoms with Gasteiger partial charge in [0.15, 0.2) is 0 Å². The Bertz CT molecular complexity index is 731. The summed E-state index contributed by atoms with van der Waals surface area (Å²) in [6.07, 6.45) is 3.78. The summed E-state index contributed by atoms with van der Waals surface area (Å²) in [6.45, 7) is 2.43. The van der Waals surface area contributed by atoms with Crippen molar-refractivity contribution < 1.29 is 9.13 Å². The predicted molar refractivity (Wildman–Crippen MR) is 84.9 cm³/mol. The van der Waals surface area contributed by atoms with E-state index in [0.29, 0.717) is 17.1 Å². The lowest BCUT2D eigenvalue weighted by atomic mass is 10.2. The first-order valence-electron chi connectivity index (χ1n) is 7.40. The quantitative estimate of drug-likeness (QED) is 0.845. The molecule has 1 fully saturated rings. The second-order valence-corrected chi connectivity index (χ2v) is 5.83. The second kappa shape index (κ2) is 6.95. The minimum absolute atomic E-state index is 0.137. The third kappa shape index (κ3) is 3.61. The monoisotopic (exact) mass is 331 g/mol. The number of halogens is 2. The van der Waals surface area contributed by atoms with Gasteiger partial charge in [-0.1, -0.05) is 11.6 Å². The molecule has 0 spiro atoms. The van der Waals surface area contributed by atoms with Crippen LogP contribution in [0.3, 0.4) is 0 Å². The lowest BCUT2D eigenvalue weighted by molar-refractivity contribution is 0.325. The molecule has 1 aromatic heterocycles. The zero-order valence-corrected chi connectivity index (χ0v) is 13.2. The molecule has 0 amide bonds. The molecular formula is C17H15ClFN3O. The van der Waals surface area contributed by atoms with E-state index in [2.05, 4.69) is 9.88 Å². The van der Waals surface area contributed by atoms with Crippen molar-refractivity contribution in [2.24, 2.45) is 0 Å². The molecule has 0 atom stereocenters. The second-order valence-electron chi connectivity index (χ2n) is 5.42. The number of pyridine rings is 1. The van der Waals surface area contributed by atoms with E-state index in [4.69, 9.17) is 21.6 Å². The molecule has 4 nitrogen and oxygen atoms in total. The fourth-order valence-corrected chi connectivity index (χ4v) is 2.88. The van der Waals surface area contributed by atoms with Crippen molar-refractivity contribution in [1.82, 2.24) is 9.88 Å². The summed E-state index contributed by atoms with van der Waals surface area (Å²) in [5.41, 5.74) is 0.757. The fraction of sp³-hybridized carbons (Fsp3) is 0.294. The van der Waals surface area contributed by atoms with E-state index in [1.54, 1.807) is 18.2 Å². The standard InChI is InChI=1S/C17H15ClFN3O/c18-15-8-13(23-17-12(10-20)4-3-5-21-17)9-16(19)14(15)11-22-6-1-2-7-22/h3-5,8-9H,1-2,6-7,11H2. The van der Waals surface area contributed by atoms with Crippen LogP contribution >= 0.6 is 11.6 Å². The minimum atomic E-state index is -0.408. The molecule has 3 rings (SSSR count). The first kappa shape index (κ1) is 15.7. The summed E-state index contributed by atoms with van der Waals surface area (Å²) in [4.78, 5) is 6.17. The smallest absolute Gasteiger partial charge is 0.237 e. The Morgan fingerprint density at radius 3 is 2.83 bits per heavy atom. The predicted octanol–water partition coefficient (Wildman–Crippen LogP) is 4.13. The summed E-state index contributed by atoms with van der Waals surface area (Å²) in [7, 11) is 0. The molecule has 0 saturated carbocycles. The minimum Gasteiger partial charge on any atom is -0.438 e. The number of hydrogen-bond acceptors (Lipinski definition) is 4. The SMILES string of the molecule is N#Cc1cccnc1Oc1cc(F)c(CN2CCCC2)c(Cl)c1. The summed E-state index contributed by atoms with van der Waals surface area (Å²) < 4.78 is 19.9. The molecule has 0 bridgehead atoms. The molecule has 1 aliphatic rings. The normalized spacial score (nSPS) is 14.7. The molecule has 0 aliphatic carbocycles. The van der Waals surface area contributed by atoms with Crippen molar-refractivity contribution in [3.05, 3.63) is 52.4 Å². The number of nitrogens with zero attached hydrogens (tertiary/aromatic N) is 3. The molecule has 1 aliphatic heterocycles. The maximum Gasteiger partial charge on any atom is 0.237 e. The Kier molecular flexibility index (Phi) is 4.75. The summed E-state index contributed by atoms with van der Waals surface area (Å²) >= 11 is 6.22. The van der Waals surface area contributed by atoms with Crippen LogP contribution in [-0.2, 0) is 6.54 Å². The Morgan fingerprint density at radius 1 is 1.35 bits per heavy atom. The third-order valence-corrected chi connectivity index (χ3v) is 4.14. The topological polar surface area (TPSA) is 49.1 Å². The van der Waals surface area contributed by atoms with Crippen molar-refractivity contribution in [3.63, 3.8) is 0 Å². The lowest BCUT2D eigenvalue weighted by Crippen LogP contribution is -2.19. The molecule has 0 N–H and O–H groups in total. The van der Waals surface area contributed by atoms with Gasteiger partial charge in [0.1, 0.15) is 23.2 Å². The molecule has 2 heterocycles. The highest BCUT2D eigenvalue weighted by Crippen LogP contribution is 2.31. The average Bonchev–Trinajstić information content (AvgIpc) is 3.05. The molecule has 2 aromatic rings. The van der Waals surface area contributed by atoms with Crippen molar-refractivity contribution in [2.75, 3.05) is 13.1 Å². The van der Waals surface area contributed by atoms with Crippen molar-refractivity contribution in [3.8, 4) is 17.7 Å². The van der Waals surface area contributed by atoms with E-state index in [9.17, 15) is 4.39 Å². The number of rotatable bonds is 4. The van der Waals surface area contributed by atoms with Gasteiger partial charge in [-0.15, -0.1) is 0 Å². The van der Waals surface area contributed by atoms with E-state index in [-0.39, 0.29) is 17.2 Å². The highest BCUT2D eigenvalue weighted by atomic mass is 35.5. The molecule has 1 aromatic carbocycles. The number of ether oxygens (including phenoxy) is 1. The Balaban J connectivity index is 1.83. The van der Waals surface area contributed by atoms with Crippen LogP contribution in [0.2, 0.25) is 5.02 Å². The highest BCUT2D eigenvalue weighted by Gasteiger charge is 2.18. The number of nitriles is 1. The van der Waals surface area contributed by atoms with Crippen LogP contribution in [0, 0.1) is 17.1 Å². The van der Waals surface area contributed by atoms with Gasteiger partial charge in [-0.05, 0) is 38.1 Å². The third-order valence-electron chi connectivity index (χ3n) is 3.80. The van der Waals surface area contributed by atoms with Crippen LogP contribution in [0.1, 0.15) is 24.0 Å². The van der Waals surface area contributed by atoms with Gasteiger partial charge in [0.25, 0.3) is 0 Å². The van der Waals surface area contributed by atoms with Gasteiger partial charge in [0.2, 0.25) is 5.88 Å². The number of likely N-dealkylation sites (tertiary alicyclic amines) is 1. The number of aromatic nitrogens is 1. The van der Waals surface area contributed by atoms with E-state index < -0.39 is 5.82 Å². The van der Waals surface area contributed by atoms with E-state index in [0.717, 1.165) is 25.9 Å². The van der Waals surface area contributed by atoms with Gasteiger partial charge in [-0.25, -0.2) is 9.37 Å². The fourth-order valence-electron chi connectivity index (χ4n) is 2.62. The zero-order chi connectivity index (χ0) is 16.2. The van der Waals surface area contributed by atoms with Gasteiger partial charge in [0, 0.05) is 30.4 Å². The Labute approximate surface area is 139 Å². The molecule has 6 heteroatoms. The highest BCUT2D eigenvalue weighted by molar-refractivity contribution is 6.31. The molecular weight excluding hydrogens is 317 g/mol. The van der Waals surface area contributed by atoms with E-state index in [1.165, 1.54) is 12.3 Å². The van der Waals surface area contributed by atoms with Crippen LogP contribution in [0.4, 0.5) is 4.39 Å². The van der Waals surface area contributed by atoms with Gasteiger partial charge in [0.05, 0.1) is 5.02 Å². The largest absolute Gasteiger partial charge is 0.438 e. The van der Waals surface area contributed by atoms with Crippen molar-refractivity contribution in [2.45, 2.75) is 19.4 Å². The van der Waals surface area contributed by atoms with Gasteiger partial charge >= 0.3 is 0 Å². The maximum atomic E-state index is 14.4. The van der Waals surface area contributed by atoms with Crippen LogP contribution in [0.15, 0.2) is 30.5 Å². The Hall–Kier alpha value is -2.16. The average molecular weight is 332 g/mol.